The topological polar surface area (TPSA) is 44.5 Å². The second-order valence-corrected chi connectivity index (χ2v) is 3.99. The molecule has 18 heavy (non-hydrogen) atoms. The molecule has 0 atom stereocenters. The molecule has 3 nitrogen and oxygen atoms in total. The Kier molecular flexibility index (Phi) is 4.20. The molecule has 0 bridgehead atoms. The van der Waals surface area contributed by atoms with E-state index < -0.39 is 0 Å². The fourth-order valence-corrected chi connectivity index (χ4v) is 1.69. The van der Waals surface area contributed by atoms with Gasteiger partial charge in [0.2, 0.25) is 0 Å². The van der Waals surface area contributed by atoms with E-state index in [2.05, 4.69) is 6.07 Å². The van der Waals surface area contributed by atoms with Crippen LogP contribution < -0.4 is 15.2 Å². The number of methoxy groups -OCH3 is 1. The van der Waals surface area contributed by atoms with E-state index in [0.29, 0.717) is 13.2 Å². The van der Waals surface area contributed by atoms with Crippen molar-refractivity contribution in [3.63, 3.8) is 0 Å². The zero-order valence-corrected chi connectivity index (χ0v) is 10.4. The maximum atomic E-state index is 5.69. The van der Waals surface area contributed by atoms with Gasteiger partial charge in [-0.3, -0.25) is 0 Å². The van der Waals surface area contributed by atoms with Gasteiger partial charge >= 0.3 is 0 Å². The van der Waals surface area contributed by atoms with Crippen molar-refractivity contribution >= 4 is 0 Å². The molecule has 0 saturated heterocycles. The van der Waals surface area contributed by atoms with Gasteiger partial charge in [-0.05, 0) is 35.4 Å². The first-order valence-corrected chi connectivity index (χ1v) is 5.86. The van der Waals surface area contributed by atoms with Gasteiger partial charge in [0, 0.05) is 6.54 Å². The summed E-state index contributed by atoms with van der Waals surface area (Å²) >= 11 is 0. The van der Waals surface area contributed by atoms with Crippen molar-refractivity contribution in [2.24, 2.45) is 5.73 Å². The number of benzene rings is 2. The van der Waals surface area contributed by atoms with Crippen LogP contribution in [0.1, 0.15) is 11.1 Å². The SMILES string of the molecule is COc1ccc(OCc2cccc(CN)c2)cc1. The van der Waals surface area contributed by atoms with Gasteiger partial charge in [0.25, 0.3) is 0 Å². The first kappa shape index (κ1) is 12.5. The number of ether oxygens (including phenoxy) is 2. The minimum absolute atomic E-state index is 0.542. The van der Waals surface area contributed by atoms with Crippen LogP contribution >= 0.6 is 0 Å². The average molecular weight is 243 g/mol. The van der Waals surface area contributed by atoms with Crippen molar-refractivity contribution in [1.29, 1.82) is 0 Å². The lowest BCUT2D eigenvalue weighted by Crippen LogP contribution is -1.99. The summed E-state index contributed by atoms with van der Waals surface area (Å²) in [4.78, 5) is 0. The Morgan fingerprint density at radius 1 is 0.944 bits per heavy atom. The summed E-state index contributed by atoms with van der Waals surface area (Å²) in [6.07, 6.45) is 0. The molecular formula is C15H17NO2. The van der Waals surface area contributed by atoms with E-state index in [9.17, 15) is 0 Å². The van der Waals surface area contributed by atoms with E-state index in [1.807, 2.05) is 42.5 Å². The summed E-state index contributed by atoms with van der Waals surface area (Å²) in [6.45, 7) is 1.09. The summed E-state index contributed by atoms with van der Waals surface area (Å²) < 4.78 is 10.8. The largest absolute Gasteiger partial charge is 0.497 e. The Balaban J connectivity index is 1.97. The maximum absolute atomic E-state index is 5.69. The van der Waals surface area contributed by atoms with E-state index in [1.54, 1.807) is 7.11 Å². The highest BCUT2D eigenvalue weighted by Crippen LogP contribution is 2.18. The monoisotopic (exact) mass is 243 g/mol. The van der Waals surface area contributed by atoms with Gasteiger partial charge in [-0.1, -0.05) is 24.3 Å². The molecule has 3 heteroatoms. The normalized spacial score (nSPS) is 10.1. The average Bonchev–Trinajstić information content (AvgIpc) is 2.46. The van der Waals surface area contributed by atoms with Crippen LogP contribution in [0.2, 0.25) is 0 Å². The van der Waals surface area contributed by atoms with Crippen LogP contribution in [0.3, 0.4) is 0 Å². The molecule has 0 aliphatic heterocycles. The van der Waals surface area contributed by atoms with Gasteiger partial charge in [0.1, 0.15) is 18.1 Å². The zero-order valence-electron chi connectivity index (χ0n) is 10.4. The van der Waals surface area contributed by atoms with Gasteiger partial charge in [0.05, 0.1) is 7.11 Å². The highest BCUT2D eigenvalue weighted by atomic mass is 16.5. The Hall–Kier alpha value is -2.00. The highest BCUT2D eigenvalue weighted by molar-refractivity contribution is 5.31. The molecule has 0 heterocycles. The molecule has 0 fully saturated rings. The maximum Gasteiger partial charge on any atom is 0.120 e. The lowest BCUT2D eigenvalue weighted by atomic mass is 10.1. The van der Waals surface area contributed by atoms with Crippen molar-refractivity contribution in [1.82, 2.24) is 0 Å². The van der Waals surface area contributed by atoms with Crippen LogP contribution in [0.5, 0.6) is 11.5 Å². The summed E-state index contributed by atoms with van der Waals surface area (Å²) in [5.74, 6) is 1.65. The highest BCUT2D eigenvalue weighted by Gasteiger charge is 1.98. The molecule has 0 saturated carbocycles. The quantitative estimate of drug-likeness (QED) is 0.878. The van der Waals surface area contributed by atoms with Crippen molar-refractivity contribution in [2.75, 3.05) is 7.11 Å². The van der Waals surface area contributed by atoms with Gasteiger partial charge < -0.3 is 15.2 Å². The van der Waals surface area contributed by atoms with Crippen molar-refractivity contribution in [2.45, 2.75) is 13.2 Å². The Labute approximate surface area is 107 Å². The third-order valence-corrected chi connectivity index (χ3v) is 2.69. The van der Waals surface area contributed by atoms with Gasteiger partial charge in [-0.2, -0.15) is 0 Å². The van der Waals surface area contributed by atoms with Crippen LogP contribution in [-0.2, 0) is 13.2 Å². The Bertz CT molecular complexity index is 494. The molecule has 0 aliphatic carbocycles. The summed E-state index contributed by atoms with van der Waals surface area (Å²) in [7, 11) is 1.65. The van der Waals surface area contributed by atoms with Crippen LogP contribution in [0.15, 0.2) is 48.5 Å². The Morgan fingerprint density at radius 3 is 2.28 bits per heavy atom. The number of nitrogens with two attached hydrogens (primary N) is 1. The zero-order chi connectivity index (χ0) is 12.8. The van der Waals surface area contributed by atoms with Gasteiger partial charge in [0.15, 0.2) is 0 Å². The van der Waals surface area contributed by atoms with E-state index in [4.69, 9.17) is 15.2 Å². The minimum Gasteiger partial charge on any atom is -0.497 e. The predicted molar refractivity (Wildman–Crippen MR) is 71.7 cm³/mol. The minimum atomic E-state index is 0.542. The van der Waals surface area contributed by atoms with E-state index in [-0.39, 0.29) is 0 Å². The van der Waals surface area contributed by atoms with Crippen LogP contribution in [0.25, 0.3) is 0 Å². The van der Waals surface area contributed by atoms with Crippen molar-refractivity contribution < 1.29 is 9.47 Å². The molecule has 2 N–H and O–H groups in total. The van der Waals surface area contributed by atoms with Crippen LogP contribution in [0, 0.1) is 0 Å². The first-order valence-electron chi connectivity index (χ1n) is 5.86. The molecule has 0 unspecified atom stereocenters. The molecule has 94 valence electrons. The summed E-state index contributed by atoms with van der Waals surface area (Å²) in [5.41, 5.74) is 7.84. The van der Waals surface area contributed by atoms with Crippen molar-refractivity contribution in [3.8, 4) is 11.5 Å². The van der Waals surface area contributed by atoms with Crippen LogP contribution in [-0.4, -0.2) is 7.11 Å². The second-order valence-electron chi connectivity index (χ2n) is 3.99. The standard InChI is InChI=1S/C15H17NO2/c1-17-14-5-7-15(8-6-14)18-11-13-4-2-3-12(9-13)10-16/h2-9H,10-11,16H2,1H3. The van der Waals surface area contributed by atoms with Gasteiger partial charge in [-0.25, -0.2) is 0 Å². The third kappa shape index (κ3) is 3.25. The molecule has 0 amide bonds. The molecule has 0 spiro atoms. The van der Waals surface area contributed by atoms with Gasteiger partial charge in [-0.15, -0.1) is 0 Å². The lowest BCUT2D eigenvalue weighted by molar-refractivity contribution is 0.305. The second kappa shape index (κ2) is 6.07. The smallest absolute Gasteiger partial charge is 0.120 e. The third-order valence-electron chi connectivity index (χ3n) is 2.69. The van der Waals surface area contributed by atoms with E-state index in [1.165, 1.54) is 0 Å². The lowest BCUT2D eigenvalue weighted by Gasteiger charge is -2.08. The van der Waals surface area contributed by atoms with E-state index in [0.717, 1.165) is 22.6 Å². The molecule has 2 rings (SSSR count). The number of rotatable bonds is 5. The number of hydrogen-bond donors (Lipinski definition) is 1. The summed E-state index contributed by atoms with van der Waals surface area (Å²) in [6, 6.07) is 15.6. The molecule has 2 aromatic carbocycles. The fraction of sp³-hybridized carbons (Fsp3) is 0.200. The number of hydrogen-bond acceptors (Lipinski definition) is 3. The molecular weight excluding hydrogens is 226 g/mol. The van der Waals surface area contributed by atoms with Crippen LogP contribution in [0.4, 0.5) is 0 Å². The predicted octanol–water partition coefficient (Wildman–Crippen LogP) is 2.73. The molecule has 0 radical (unpaired) electrons. The first-order chi connectivity index (χ1) is 8.81. The molecule has 0 aromatic heterocycles. The Morgan fingerprint density at radius 2 is 1.61 bits per heavy atom. The van der Waals surface area contributed by atoms with Crippen molar-refractivity contribution in [3.05, 3.63) is 59.7 Å². The summed E-state index contributed by atoms with van der Waals surface area (Å²) in [5, 5.41) is 0. The molecule has 2 aromatic rings. The molecule has 0 aliphatic rings. The van der Waals surface area contributed by atoms with E-state index >= 15 is 0 Å². The fourth-order valence-electron chi connectivity index (χ4n) is 1.69.